The largest absolute Gasteiger partial charge is 0.498 e. The van der Waals surface area contributed by atoms with Gasteiger partial charge in [-0.25, -0.2) is 4.98 Å². The average molecular weight is 811 g/mol. The van der Waals surface area contributed by atoms with Gasteiger partial charge in [-0.3, -0.25) is 4.98 Å². The van der Waals surface area contributed by atoms with E-state index in [9.17, 15) is 0 Å². The Balaban J connectivity index is 0.000000246. The van der Waals surface area contributed by atoms with Gasteiger partial charge < -0.3 is 14.4 Å². The Hall–Kier alpha value is -5.55. The summed E-state index contributed by atoms with van der Waals surface area (Å²) in [6, 6.07) is 45.3. The second-order valence-electron chi connectivity index (χ2n) is 11.9. The monoisotopic (exact) mass is 811 g/mol. The first-order valence-corrected chi connectivity index (χ1v) is 15.9. The normalized spacial score (nSPS) is 11.0. The van der Waals surface area contributed by atoms with Crippen LogP contribution in [-0.2, 0) is 20.1 Å². The Morgan fingerprint density at radius 2 is 1.41 bits per heavy atom. The van der Waals surface area contributed by atoms with E-state index < -0.39 is 0 Å². The van der Waals surface area contributed by atoms with Crippen LogP contribution in [0.5, 0.6) is 0 Å². The van der Waals surface area contributed by atoms with Crippen molar-refractivity contribution >= 4 is 43.7 Å². The van der Waals surface area contributed by atoms with Crippen molar-refractivity contribution in [2.45, 2.75) is 20.8 Å². The number of fused-ring (bicyclic) bond motifs is 6. The summed E-state index contributed by atoms with van der Waals surface area (Å²) in [5.74, 6) is 0. The number of aryl methyl sites for hydroxylation is 3. The van der Waals surface area contributed by atoms with Gasteiger partial charge in [0.05, 0.1) is 11.1 Å². The minimum atomic E-state index is 0. The van der Waals surface area contributed by atoms with Crippen molar-refractivity contribution in [1.29, 1.82) is 0 Å². The molecule has 0 aliphatic carbocycles. The van der Waals surface area contributed by atoms with Gasteiger partial charge in [0, 0.05) is 60.0 Å². The average Bonchev–Trinajstić information content (AvgIpc) is 3.52. The Morgan fingerprint density at radius 1 is 0.612 bits per heavy atom. The summed E-state index contributed by atoms with van der Waals surface area (Å²) in [6.07, 6.45) is 3.72. The third kappa shape index (κ3) is 6.25. The van der Waals surface area contributed by atoms with Gasteiger partial charge in [0.1, 0.15) is 11.1 Å². The van der Waals surface area contributed by atoms with Crippen molar-refractivity contribution in [3.63, 3.8) is 0 Å². The summed E-state index contributed by atoms with van der Waals surface area (Å²) in [5.41, 5.74) is 12.5. The topological polar surface area (TPSA) is 64.7 Å². The molecule has 0 fully saturated rings. The minimum Gasteiger partial charge on any atom is -0.498 e. The van der Waals surface area contributed by atoms with Crippen molar-refractivity contribution in [3.05, 3.63) is 157 Å². The first-order chi connectivity index (χ1) is 23.5. The molecule has 9 rings (SSSR count). The molecule has 5 aromatic heterocycles. The first-order valence-electron chi connectivity index (χ1n) is 15.9. The molecule has 0 spiro atoms. The van der Waals surface area contributed by atoms with Gasteiger partial charge in [0.2, 0.25) is 0 Å². The Labute approximate surface area is 298 Å². The van der Waals surface area contributed by atoms with E-state index in [4.69, 9.17) is 14.4 Å². The summed E-state index contributed by atoms with van der Waals surface area (Å²) in [4.78, 5) is 18.4. The third-order valence-electron chi connectivity index (χ3n) is 8.55. The molecule has 9 aromatic rings. The second kappa shape index (κ2) is 13.5. The zero-order chi connectivity index (χ0) is 32.6. The molecule has 1 radical (unpaired) electrons. The number of nitrogens with zero attached hydrogens (tertiary/aromatic N) is 4. The van der Waals surface area contributed by atoms with Crippen molar-refractivity contribution in [2.24, 2.45) is 0 Å². The van der Waals surface area contributed by atoms with E-state index in [1.807, 2.05) is 80.7 Å². The predicted molar refractivity (Wildman–Crippen MR) is 195 cm³/mol. The van der Waals surface area contributed by atoms with Gasteiger partial charge >= 0.3 is 0 Å². The Bertz CT molecular complexity index is 2560. The van der Waals surface area contributed by atoms with Crippen molar-refractivity contribution in [2.75, 3.05) is 0 Å². The number of benzene rings is 4. The quantitative estimate of drug-likeness (QED) is 0.166. The van der Waals surface area contributed by atoms with Crippen LogP contribution in [0.3, 0.4) is 0 Å². The van der Waals surface area contributed by atoms with E-state index in [1.165, 1.54) is 0 Å². The molecule has 0 saturated carbocycles. The molecule has 0 unspecified atom stereocenters. The van der Waals surface area contributed by atoms with Crippen LogP contribution in [-0.4, -0.2) is 19.9 Å². The third-order valence-corrected chi connectivity index (χ3v) is 8.55. The molecule has 5 nitrogen and oxygen atoms in total. The van der Waals surface area contributed by atoms with Crippen LogP contribution in [0.1, 0.15) is 17.0 Å². The fourth-order valence-electron chi connectivity index (χ4n) is 6.11. The van der Waals surface area contributed by atoms with Crippen LogP contribution in [0.2, 0.25) is 0 Å². The zero-order valence-electron chi connectivity index (χ0n) is 27.2. The molecule has 0 atom stereocenters. The predicted octanol–water partition coefficient (Wildman–Crippen LogP) is 10.7. The minimum absolute atomic E-state index is 0. The molecule has 4 aromatic carbocycles. The summed E-state index contributed by atoms with van der Waals surface area (Å²) in [5, 5.41) is 4.28. The molecule has 49 heavy (non-hydrogen) atoms. The van der Waals surface area contributed by atoms with Gasteiger partial charge in [-0.2, -0.15) is 0 Å². The number of pyridine rings is 4. The molecule has 239 valence electrons. The molecule has 0 aliphatic rings. The molecule has 0 amide bonds. The fraction of sp³-hybridized carbons (Fsp3) is 0.0698. The molecule has 0 bridgehead atoms. The molecule has 0 aliphatic heterocycles. The molecular weight excluding hydrogens is 781 g/mol. The van der Waals surface area contributed by atoms with E-state index in [2.05, 4.69) is 83.6 Å². The molecular formula is C43H30IrN4O-2. The standard InChI is InChI=1S/C32H22N3O.C11H8N.Ir/c1-18-17-33-29(16-27(18)22-12-14-28-23(15-22)10-8-19(2)34-28)26-6-4-5-24-25-13-11-21-9-7-20(3)35-30(21)32(25)36-31(24)26;1-2-6-10(7-3-1)11-8-4-5-9-12-11;/h4-5,7-17H,1-3H3;1-6,8-9H;/q2*-1;. The maximum Gasteiger partial charge on any atom is 0.147 e. The van der Waals surface area contributed by atoms with Gasteiger partial charge in [0.25, 0.3) is 0 Å². The SMILES string of the molecule is Cc1ccc2cc(-c3cc(-c4[c-]ccc5c4oc4c5ccc5ccc(C)nc54)ncc3C)ccc2n1.[Ir].[c-]1ccccc1-c1ccccn1. The van der Waals surface area contributed by atoms with Crippen LogP contribution in [0, 0.1) is 32.9 Å². The van der Waals surface area contributed by atoms with E-state index in [-0.39, 0.29) is 20.1 Å². The van der Waals surface area contributed by atoms with E-state index in [1.54, 1.807) is 6.20 Å². The maximum absolute atomic E-state index is 6.51. The van der Waals surface area contributed by atoms with Crippen molar-refractivity contribution < 1.29 is 24.5 Å². The van der Waals surface area contributed by atoms with Crippen LogP contribution in [0.25, 0.3) is 77.4 Å². The summed E-state index contributed by atoms with van der Waals surface area (Å²) >= 11 is 0. The van der Waals surface area contributed by atoms with Crippen LogP contribution < -0.4 is 0 Å². The number of furan rings is 1. The molecule has 5 heterocycles. The van der Waals surface area contributed by atoms with Crippen LogP contribution >= 0.6 is 0 Å². The smallest absolute Gasteiger partial charge is 0.147 e. The first kappa shape index (κ1) is 32.0. The summed E-state index contributed by atoms with van der Waals surface area (Å²) in [7, 11) is 0. The number of aromatic nitrogens is 4. The summed E-state index contributed by atoms with van der Waals surface area (Å²) < 4.78 is 6.51. The van der Waals surface area contributed by atoms with Crippen LogP contribution in [0.4, 0.5) is 0 Å². The van der Waals surface area contributed by atoms with Gasteiger partial charge in [-0.15, -0.1) is 54.1 Å². The number of rotatable bonds is 3. The number of hydrogen-bond acceptors (Lipinski definition) is 5. The van der Waals surface area contributed by atoms with Gasteiger partial charge in [-0.1, -0.05) is 59.5 Å². The van der Waals surface area contributed by atoms with Gasteiger partial charge in [0.15, 0.2) is 0 Å². The van der Waals surface area contributed by atoms with E-state index in [0.29, 0.717) is 0 Å². The van der Waals surface area contributed by atoms with Crippen LogP contribution in [0.15, 0.2) is 132 Å². The number of hydrogen-bond donors (Lipinski definition) is 0. The maximum atomic E-state index is 6.51. The van der Waals surface area contributed by atoms with Crippen molar-refractivity contribution in [1.82, 2.24) is 19.9 Å². The van der Waals surface area contributed by atoms with Crippen molar-refractivity contribution in [3.8, 4) is 33.6 Å². The summed E-state index contributed by atoms with van der Waals surface area (Å²) in [6.45, 7) is 6.11. The molecule has 6 heteroatoms. The Morgan fingerprint density at radius 3 is 2.22 bits per heavy atom. The second-order valence-corrected chi connectivity index (χ2v) is 11.9. The fourth-order valence-corrected chi connectivity index (χ4v) is 6.11. The zero-order valence-corrected chi connectivity index (χ0v) is 29.5. The van der Waals surface area contributed by atoms with E-state index in [0.717, 1.165) is 94.3 Å². The van der Waals surface area contributed by atoms with Gasteiger partial charge in [-0.05, 0) is 79.2 Å². The molecule has 0 N–H and O–H groups in total. The Kier molecular flexibility index (Phi) is 8.83. The molecule has 0 saturated heterocycles. The van der Waals surface area contributed by atoms with E-state index >= 15 is 0 Å².